The molecule has 0 radical (unpaired) electrons. The molecule has 0 atom stereocenters. The summed E-state index contributed by atoms with van der Waals surface area (Å²) in [5.74, 6) is 0.0512. The van der Waals surface area contributed by atoms with Gasteiger partial charge in [0.1, 0.15) is 0 Å². The Balaban J connectivity index is 1.42. The quantitative estimate of drug-likeness (QED) is 0.443. The van der Waals surface area contributed by atoms with E-state index in [-0.39, 0.29) is 12.2 Å². The molecule has 0 unspecified atom stereocenters. The van der Waals surface area contributed by atoms with Gasteiger partial charge in [-0.25, -0.2) is 4.98 Å². The Morgan fingerprint density at radius 3 is 2.61 bits per heavy atom. The fourth-order valence-corrected chi connectivity index (χ4v) is 3.33. The molecule has 6 heteroatoms. The maximum Gasteiger partial charge on any atom is 0.168 e. The number of imidazole rings is 1. The summed E-state index contributed by atoms with van der Waals surface area (Å²) in [4.78, 5) is 17.1. The lowest BCUT2D eigenvalue weighted by Crippen LogP contribution is -2.06. The molecule has 28 heavy (non-hydrogen) atoms. The van der Waals surface area contributed by atoms with Crippen molar-refractivity contribution >= 4 is 17.4 Å². The molecule has 0 spiro atoms. The highest BCUT2D eigenvalue weighted by atomic mass is 35.5. The van der Waals surface area contributed by atoms with Gasteiger partial charge in [-0.15, -0.1) is 0 Å². The molecule has 0 N–H and O–H groups in total. The first kappa shape index (κ1) is 18.2. The number of benzene rings is 2. The molecular formula is C22H19ClN4O. The Morgan fingerprint density at radius 2 is 1.82 bits per heavy atom. The van der Waals surface area contributed by atoms with Crippen LogP contribution in [0.1, 0.15) is 27.2 Å². The summed E-state index contributed by atoms with van der Waals surface area (Å²) in [7, 11) is 0. The number of nitrogens with zero attached hydrogens (tertiary/aromatic N) is 4. The second kappa shape index (κ2) is 8.23. The zero-order valence-electron chi connectivity index (χ0n) is 15.2. The van der Waals surface area contributed by atoms with Crippen molar-refractivity contribution < 1.29 is 4.79 Å². The number of carbonyl (C=O) groups excluding carboxylic acids is 1. The van der Waals surface area contributed by atoms with Gasteiger partial charge in [0.2, 0.25) is 0 Å². The van der Waals surface area contributed by atoms with Gasteiger partial charge in [0.25, 0.3) is 0 Å². The van der Waals surface area contributed by atoms with Crippen molar-refractivity contribution in [1.82, 2.24) is 19.3 Å². The molecule has 0 amide bonds. The van der Waals surface area contributed by atoms with Crippen LogP contribution < -0.4 is 0 Å². The average molecular weight is 391 g/mol. The van der Waals surface area contributed by atoms with Crippen LogP contribution in [0.3, 0.4) is 0 Å². The third kappa shape index (κ3) is 4.56. The molecule has 2 aromatic carbocycles. The van der Waals surface area contributed by atoms with Crippen molar-refractivity contribution in [3.63, 3.8) is 0 Å². The standard InChI is InChI=1S/C22H19ClN4O/c23-20-7-2-5-18(11-20)13-26-15-21(24-16-26)12-22(28)19-6-1-4-17(10-19)14-27-9-3-8-25-27/h1-11,15-16H,12-14H2. The highest BCUT2D eigenvalue weighted by Crippen LogP contribution is 2.13. The highest BCUT2D eigenvalue weighted by Gasteiger charge is 2.10. The van der Waals surface area contributed by atoms with E-state index in [0.29, 0.717) is 23.7 Å². The molecule has 0 fully saturated rings. The topological polar surface area (TPSA) is 52.7 Å². The third-order valence-corrected chi connectivity index (χ3v) is 4.67. The number of aromatic nitrogens is 4. The van der Waals surface area contributed by atoms with E-state index < -0.39 is 0 Å². The predicted octanol–water partition coefficient (Wildman–Crippen LogP) is 4.26. The van der Waals surface area contributed by atoms with Crippen LogP contribution >= 0.6 is 11.6 Å². The molecule has 2 heterocycles. The lowest BCUT2D eigenvalue weighted by molar-refractivity contribution is 0.0992. The Bertz CT molecular complexity index is 1090. The SMILES string of the molecule is O=C(Cc1cn(Cc2cccc(Cl)c2)cn1)c1cccc(Cn2cccn2)c1. The van der Waals surface area contributed by atoms with Gasteiger partial charge in [0.05, 0.1) is 25.0 Å². The lowest BCUT2D eigenvalue weighted by Gasteiger charge is -2.05. The van der Waals surface area contributed by atoms with E-state index in [0.717, 1.165) is 16.8 Å². The fraction of sp³-hybridized carbons (Fsp3) is 0.136. The molecular weight excluding hydrogens is 372 g/mol. The van der Waals surface area contributed by atoms with Crippen LogP contribution in [0.2, 0.25) is 5.02 Å². The van der Waals surface area contributed by atoms with Gasteiger partial charge in [0.15, 0.2) is 5.78 Å². The Labute approximate surface area is 168 Å². The molecule has 0 bridgehead atoms. The van der Waals surface area contributed by atoms with Crippen molar-refractivity contribution in [1.29, 1.82) is 0 Å². The van der Waals surface area contributed by atoms with Crippen LogP contribution in [-0.2, 0) is 19.5 Å². The summed E-state index contributed by atoms with van der Waals surface area (Å²) >= 11 is 6.04. The minimum absolute atomic E-state index is 0.0512. The van der Waals surface area contributed by atoms with E-state index in [2.05, 4.69) is 10.1 Å². The minimum Gasteiger partial charge on any atom is -0.333 e. The fourth-order valence-electron chi connectivity index (χ4n) is 3.12. The zero-order valence-corrected chi connectivity index (χ0v) is 16.0. The van der Waals surface area contributed by atoms with Crippen molar-refractivity contribution in [3.05, 3.63) is 107 Å². The molecule has 5 nitrogen and oxygen atoms in total. The number of carbonyl (C=O) groups is 1. The molecule has 140 valence electrons. The van der Waals surface area contributed by atoms with Crippen LogP contribution in [0.4, 0.5) is 0 Å². The third-order valence-electron chi connectivity index (χ3n) is 4.44. The van der Waals surface area contributed by atoms with Gasteiger partial charge >= 0.3 is 0 Å². The monoisotopic (exact) mass is 390 g/mol. The lowest BCUT2D eigenvalue weighted by atomic mass is 10.0. The normalized spacial score (nSPS) is 10.9. The van der Waals surface area contributed by atoms with E-state index in [1.54, 1.807) is 12.5 Å². The largest absolute Gasteiger partial charge is 0.333 e. The Morgan fingerprint density at radius 1 is 1.00 bits per heavy atom. The number of ketones is 1. The van der Waals surface area contributed by atoms with Crippen LogP contribution in [0.25, 0.3) is 0 Å². The summed E-state index contributed by atoms with van der Waals surface area (Å²) in [5, 5.41) is 4.92. The van der Waals surface area contributed by atoms with Gasteiger partial charge in [-0.3, -0.25) is 9.48 Å². The summed E-state index contributed by atoms with van der Waals surface area (Å²) < 4.78 is 3.80. The first-order valence-electron chi connectivity index (χ1n) is 9.00. The van der Waals surface area contributed by atoms with Crippen molar-refractivity contribution in [3.8, 4) is 0 Å². The summed E-state index contributed by atoms with van der Waals surface area (Å²) in [6, 6.07) is 17.3. The predicted molar refractivity (Wildman–Crippen MR) is 109 cm³/mol. The molecule has 0 aliphatic carbocycles. The van der Waals surface area contributed by atoms with Crippen LogP contribution in [0.5, 0.6) is 0 Å². The van der Waals surface area contributed by atoms with E-state index in [4.69, 9.17) is 11.6 Å². The molecule has 4 aromatic rings. The number of halogens is 1. The minimum atomic E-state index is 0.0512. The average Bonchev–Trinajstić information content (AvgIpc) is 3.34. The molecule has 4 rings (SSSR count). The highest BCUT2D eigenvalue weighted by molar-refractivity contribution is 6.30. The molecule has 2 aromatic heterocycles. The molecule has 0 saturated carbocycles. The van der Waals surface area contributed by atoms with Crippen LogP contribution in [-0.4, -0.2) is 25.1 Å². The summed E-state index contributed by atoms with van der Waals surface area (Å²) in [6.07, 6.45) is 7.58. The molecule has 0 saturated heterocycles. The summed E-state index contributed by atoms with van der Waals surface area (Å²) in [6.45, 7) is 1.31. The van der Waals surface area contributed by atoms with Crippen LogP contribution in [0.15, 0.2) is 79.5 Å². The number of rotatable bonds is 7. The second-order valence-corrected chi connectivity index (χ2v) is 7.11. The van der Waals surface area contributed by atoms with E-state index in [9.17, 15) is 4.79 Å². The van der Waals surface area contributed by atoms with Gasteiger partial charge in [-0.2, -0.15) is 5.10 Å². The van der Waals surface area contributed by atoms with E-state index >= 15 is 0 Å². The van der Waals surface area contributed by atoms with E-state index in [1.165, 1.54) is 0 Å². The van der Waals surface area contributed by atoms with E-state index in [1.807, 2.05) is 76.2 Å². The second-order valence-electron chi connectivity index (χ2n) is 6.67. The Hall–Kier alpha value is -3.18. The smallest absolute Gasteiger partial charge is 0.168 e. The molecule has 0 aliphatic heterocycles. The number of hydrogen-bond donors (Lipinski definition) is 0. The van der Waals surface area contributed by atoms with Crippen molar-refractivity contribution in [2.45, 2.75) is 19.5 Å². The van der Waals surface area contributed by atoms with Gasteiger partial charge in [-0.1, -0.05) is 41.9 Å². The van der Waals surface area contributed by atoms with Crippen molar-refractivity contribution in [2.24, 2.45) is 0 Å². The maximum absolute atomic E-state index is 12.7. The van der Waals surface area contributed by atoms with Crippen molar-refractivity contribution in [2.75, 3.05) is 0 Å². The van der Waals surface area contributed by atoms with Gasteiger partial charge in [0, 0.05) is 35.7 Å². The molecule has 0 aliphatic rings. The van der Waals surface area contributed by atoms with Gasteiger partial charge < -0.3 is 4.57 Å². The maximum atomic E-state index is 12.7. The first-order chi connectivity index (χ1) is 13.7. The summed E-state index contributed by atoms with van der Waals surface area (Å²) in [5.41, 5.74) is 3.58. The Kier molecular flexibility index (Phi) is 5.35. The first-order valence-corrected chi connectivity index (χ1v) is 9.38. The van der Waals surface area contributed by atoms with Gasteiger partial charge in [-0.05, 0) is 35.4 Å². The number of Topliss-reactive ketones (excluding diaryl/α,β-unsaturated/α-hetero) is 1. The zero-order chi connectivity index (χ0) is 19.3. The number of hydrogen-bond acceptors (Lipinski definition) is 3. The van der Waals surface area contributed by atoms with Crippen LogP contribution in [0, 0.1) is 0 Å².